The van der Waals surface area contributed by atoms with Crippen LogP contribution in [0.25, 0.3) is 16.7 Å². The molecule has 0 aliphatic heterocycles. The number of benzene rings is 2. The first-order chi connectivity index (χ1) is 9.06. The monoisotopic (exact) mass is 372 g/mol. The molecule has 2 nitrogen and oxygen atoms in total. The zero-order valence-corrected chi connectivity index (χ0v) is 13.4. The number of H-pyrrole nitrogens is 1. The van der Waals surface area contributed by atoms with Gasteiger partial charge in [-0.05, 0) is 64.5 Å². The Labute approximate surface area is 133 Å². The maximum absolute atomic E-state index is 6.05. The molecule has 19 heavy (non-hydrogen) atoms. The highest BCUT2D eigenvalue weighted by Gasteiger charge is 2.08. The second kappa shape index (κ2) is 4.94. The summed E-state index contributed by atoms with van der Waals surface area (Å²) in [5.74, 6) is 0. The van der Waals surface area contributed by atoms with Crippen LogP contribution in [0.2, 0.25) is 10.0 Å². The fourth-order valence-corrected chi connectivity index (χ4v) is 2.92. The molecule has 0 saturated heterocycles. The summed E-state index contributed by atoms with van der Waals surface area (Å²) in [5, 5.41) is 1.33. The molecule has 0 fully saturated rings. The second-order valence-corrected chi connectivity index (χ2v) is 6.11. The van der Waals surface area contributed by atoms with Gasteiger partial charge in [0.1, 0.15) is 0 Å². The first-order valence-corrected chi connectivity index (χ1v) is 7.38. The highest BCUT2D eigenvalue weighted by Crippen LogP contribution is 2.28. The smallest absolute Gasteiger partial charge is 0.182 e. The molecule has 0 radical (unpaired) electrons. The molecule has 0 amide bonds. The van der Waals surface area contributed by atoms with Gasteiger partial charge in [-0.1, -0.05) is 23.2 Å². The maximum Gasteiger partial charge on any atom is 0.182 e. The van der Waals surface area contributed by atoms with E-state index in [0.29, 0.717) is 14.8 Å². The Balaban J connectivity index is 2.35. The molecular weight excluding hydrogens is 367 g/mol. The van der Waals surface area contributed by atoms with Crippen molar-refractivity contribution in [3.05, 3.63) is 55.7 Å². The van der Waals surface area contributed by atoms with E-state index in [-0.39, 0.29) is 0 Å². The van der Waals surface area contributed by atoms with Gasteiger partial charge in [-0.3, -0.25) is 4.57 Å². The van der Waals surface area contributed by atoms with Gasteiger partial charge in [-0.2, -0.15) is 0 Å². The Bertz CT molecular complexity index is 838. The third-order valence-corrected chi connectivity index (χ3v) is 4.54. The molecule has 3 aromatic rings. The van der Waals surface area contributed by atoms with Crippen molar-refractivity contribution < 1.29 is 0 Å². The third kappa shape index (κ3) is 2.34. The number of nitrogens with one attached hydrogen (secondary N) is 1. The number of aromatic amines is 1. The average molecular weight is 374 g/mol. The van der Waals surface area contributed by atoms with Gasteiger partial charge >= 0.3 is 0 Å². The SMILES string of the molecule is S=c1[nH]c2ccc(Cl)cc2n1-c1ccc(Cl)c(Br)c1. The Morgan fingerprint density at radius 2 is 1.89 bits per heavy atom. The van der Waals surface area contributed by atoms with Crippen LogP contribution < -0.4 is 0 Å². The number of fused-ring (bicyclic) bond motifs is 1. The van der Waals surface area contributed by atoms with Crippen LogP contribution in [0.3, 0.4) is 0 Å². The molecule has 3 rings (SSSR count). The summed E-state index contributed by atoms with van der Waals surface area (Å²) in [6.07, 6.45) is 0. The quantitative estimate of drug-likeness (QED) is 0.538. The molecule has 0 unspecified atom stereocenters. The fourth-order valence-electron chi connectivity index (χ4n) is 1.96. The van der Waals surface area contributed by atoms with Crippen LogP contribution in [0, 0.1) is 4.77 Å². The summed E-state index contributed by atoms with van der Waals surface area (Å²) in [7, 11) is 0. The Morgan fingerprint density at radius 1 is 1.11 bits per heavy atom. The minimum Gasteiger partial charge on any atom is -0.330 e. The number of nitrogens with zero attached hydrogens (tertiary/aromatic N) is 1. The molecule has 0 aliphatic carbocycles. The van der Waals surface area contributed by atoms with Gasteiger partial charge in [-0.15, -0.1) is 0 Å². The van der Waals surface area contributed by atoms with Crippen LogP contribution in [0.4, 0.5) is 0 Å². The summed E-state index contributed by atoms with van der Waals surface area (Å²) < 4.78 is 3.37. The van der Waals surface area contributed by atoms with E-state index in [1.165, 1.54) is 0 Å². The predicted molar refractivity (Wildman–Crippen MR) is 86.2 cm³/mol. The molecule has 0 spiro atoms. The van der Waals surface area contributed by atoms with E-state index in [1.54, 1.807) is 0 Å². The van der Waals surface area contributed by atoms with Crippen molar-refractivity contribution in [2.75, 3.05) is 0 Å². The molecule has 6 heteroatoms. The van der Waals surface area contributed by atoms with E-state index in [4.69, 9.17) is 35.4 Å². The largest absolute Gasteiger partial charge is 0.330 e. The van der Waals surface area contributed by atoms with Gasteiger partial charge in [-0.25, -0.2) is 0 Å². The number of halogens is 3. The topological polar surface area (TPSA) is 20.7 Å². The van der Waals surface area contributed by atoms with Crippen LogP contribution in [0.5, 0.6) is 0 Å². The van der Waals surface area contributed by atoms with Crippen molar-refractivity contribution in [2.45, 2.75) is 0 Å². The van der Waals surface area contributed by atoms with E-state index >= 15 is 0 Å². The summed E-state index contributed by atoms with van der Waals surface area (Å²) in [5.41, 5.74) is 2.81. The molecule has 1 aromatic heterocycles. The Kier molecular flexibility index (Phi) is 3.43. The molecule has 0 atom stereocenters. The van der Waals surface area contributed by atoms with Crippen molar-refractivity contribution in [1.82, 2.24) is 9.55 Å². The molecule has 0 bridgehead atoms. The van der Waals surface area contributed by atoms with E-state index < -0.39 is 0 Å². The zero-order chi connectivity index (χ0) is 13.6. The summed E-state index contributed by atoms with van der Waals surface area (Å²) in [6.45, 7) is 0. The minimum atomic E-state index is 0.617. The normalized spacial score (nSPS) is 11.1. The van der Waals surface area contributed by atoms with Crippen molar-refractivity contribution in [3.8, 4) is 5.69 Å². The second-order valence-electron chi connectivity index (χ2n) is 4.03. The van der Waals surface area contributed by atoms with Crippen molar-refractivity contribution in [3.63, 3.8) is 0 Å². The predicted octanol–water partition coefficient (Wildman–Crippen LogP) is 5.76. The van der Waals surface area contributed by atoms with Gasteiger partial charge in [0, 0.05) is 15.2 Å². The standard InChI is InChI=1S/C13H7BrCl2N2S/c14-9-6-8(2-3-10(9)16)18-12-5-7(15)1-4-11(12)17-13(18)19/h1-6H,(H,17,19). The number of aromatic nitrogens is 2. The first kappa shape index (κ1) is 13.2. The number of hydrogen-bond donors (Lipinski definition) is 1. The summed E-state index contributed by atoms with van der Waals surface area (Å²) >= 11 is 20.9. The van der Waals surface area contributed by atoms with Gasteiger partial charge in [0.25, 0.3) is 0 Å². The van der Waals surface area contributed by atoms with Crippen molar-refractivity contribution >= 4 is 62.4 Å². The van der Waals surface area contributed by atoms with Crippen LogP contribution >= 0.6 is 51.3 Å². The molecule has 0 saturated carbocycles. The zero-order valence-electron chi connectivity index (χ0n) is 9.45. The number of rotatable bonds is 1. The highest BCUT2D eigenvalue weighted by atomic mass is 79.9. The molecule has 0 aliphatic rings. The lowest BCUT2D eigenvalue weighted by molar-refractivity contribution is 1.06. The first-order valence-electron chi connectivity index (χ1n) is 5.42. The molecule has 96 valence electrons. The van der Waals surface area contributed by atoms with Crippen LogP contribution in [0.15, 0.2) is 40.9 Å². The van der Waals surface area contributed by atoms with E-state index in [0.717, 1.165) is 21.2 Å². The molecular formula is C13H7BrCl2N2S. The Morgan fingerprint density at radius 3 is 2.63 bits per heavy atom. The summed E-state index contributed by atoms with van der Waals surface area (Å²) in [6, 6.07) is 11.3. The van der Waals surface area contributed by atoms with Crippen LogP contribution in [-0.2, 0) is 0 Å². The van der Waals surface area contributed by atoms with Crippen LogP contribution in [0.1, 0.15) is 0 Å². The molecule has 1 N–H and O–H groups in total. The molecule has 2 aromatic carbocycles. The van der Waals surface area contributed by atoms with Crippen molar-refractivity contribution in [1.29, 1.82) is 0 Å². The van der Waals surface area contributed by atoms with Crippen molar-refractivity contribution in [2.24, 2.45) is 0 Å². The lowest BCUT2D eigenvalue weighted by Gasteiger charge is -2.06. The van der Waals surface area contributed by atoms with Gasteiger partial charge in [0.15, 0.2) is 4.77 Å². The lowest BCUT2D eigenvalue weighted by atomic mass is 10.3. The highest BCUT2D eigenvalue weighted by molar-refractivity contribution is 9.10. The fraction of sp³-hybridized carbons (Fsp3) is 0. The van der Waals surface area contributed by atoms with E-state index in [9.17, 15) is 0 Å². The average Bonchev–Trinajstić information content (AvgIpc) is 2.68. The minimum absolute atomic E-state index is 0.617. The lowest BCUT2D eigenvalue weighted by Crippen LogP contribution is -1.93. The van der Waals surface area contributed by atoms with Gasteiger partial charge in [0.05, 0.1) is 16.1 Å². The number of imidazole rings is 1. The van der Waals surface area contributed by atoms with Gasteiger partial charge < -0.3 is 4.98 Å². The third-order valence-electron chi connectivity index (χ3n) is 2.81. The summed E-state index contributed by atoms with van der Waals surface area (Å²) in [4.78, 5) is 3.16. The molecule has 1 heterocycles. The Hall–Kier alpha value is -0.810. The maximum atomic E-state index is 6.05. The van der Waals surface area contributed by atoms with E-state index in [2.05, 4.69) is 20.9 Å². The van der Waals surface area contributed by atoms with E-state index in [1.807, 2.05) is 41.0 Å². The van der Waals surface area contributed by atoms with Gasteiger partial charge in [0.2, 0.25) is 0 Å². The number of hydrogen-bond acceptors (Lipinski definition) is 1. The van der Waals surface area contributed by atoms with Crippen LogP contribution in [-0.4, -0.2) is 9.55 Å².